The summed E-state index contributed by atoms with van der Waals surface area (Å²) in [6, 6.07) is 5.10. The number of rotatable bonds is 3. The molecule has 0 unspecified atom stereocenters. The predicted octanol–water partition coefficient (Wildman–Crippen LogP) is 2.61. The molecule has 1 heterocycles. The molecule has 0 fully saturated rings. The summed E-state index contributed by atoms with van der Waals surface area (Å²) >= 11 is 0. The maximum Gasteiger partial charge on any atom is 0.417 e. The molecular weight excluding hydrogens is 344 g/mol. The zero-order chi connectivity index (χ0) is 14.8. The van der Waals surface area contributed by atoms with E-state index in [2.05, 4.69) is 20.7 Å². The number of benzene rings is 1. The van der Waals surface area contributed by atoms with Crippen molar-refractivity contribution in [2.45, 2.75) is 13.1 Å². The number of nitrogens with two attached hydrogens (primary N) is 1. The van der Waals surface area contributed by atoms with Crippen LogP contribution in [0.2, 0.25) is 0 Å². The number of nitrogens with one attached hydrogen (secondary N) is 1. The largest absolute Gasteiger partial charge is 0.417 e. The first-order chi connectivity index (χ1) is 9.39. The zero-order valence-corrected chi connectivity index (χ0v) is 12.8. The second-order valence-corrected chi connectivity index (χ2v) is 3.90. The Morgan fingerprint density at radius 2 is 1.86 bits per heavy atom. The SMILES string of the molecule is Cc1nnc(N/N=C/c2ccccc2C(F)(F)F)n1N.Cl.Cl. The van der Waals surface area contributed by atoms with Gasteiger partial charge in [-0.3, -0.25) is 0 Å². The Morgan fingerprint density at radius 1 is 1.23 bits per heavy atom. The van der Waals surface area contributed by atoms with Gasteiger partial charge in [0.2, 0.25) is 0 Å². The van der Waals surface area contributed by atoms with E-state index >= 15 is 0 Å². The molecule has 0 aliphatic rings. The molecule has 0 spiro atoms. The van der Waals surface area contributed by atoms with E-state index in [-0.39, 0.29) is 36.3 Å². The highest BCUT2D eigenvalue weighted by atomic mass is 35.5. The van der Waals surface area contributed by atoms with E-state index in [1.807, 2.05) is 0 Å². The van der Waals surface area contributed by atoms with E-state index in [1.54, 1.807) is 6.92 Å². The van der Waals surface area contributed by atoms with Crippen molar-refractivity contribution in [1.29, 1.82) is 0 Å². The minimum Gasteiger partial charge on any atom is -0.335 e. The summed E-state index contributed by atoms with van der Waals surface area (Å²) in [4.78, 5) is 0. The Morgan fingerprint density at radius 3 is 2.41 bits per heavy atom. The third-order valence-electron chi connectivity index (χ3n) is 2.50. The van der Waals surface area contributed by atoms with Crippen LogP contribution < -0.4 is 11.3 Å². The molecule has 0 radical (unpaired) electrons. The maximum absolute atomic E-state index is 12.7. The van der Waals surface area contributed by atoms with E-state index < -0.39 is 11.7 Å². The van der Waals surface area contributed by atoms with E-state index in [0.717, 1.165) is 17.0 Å². The number of halogens is 5. The van der Waals surface area contributed by atoms with Crippen LogP contribution in [0.4, 0.5) is 19.1 Å². The van der Waals surface area contributed by atoms with Gasteiger partial charge in [-0.05, 0) is 13.0 Å². The first kappa shape index (κ1) is 20.0. The first-order valence-electron chi connectivity index (χ1n) is 5.52. The van der Waals surface area contributed by atoms with Crippen LogP contribution in [0.1, 0.15) is 17.0 Å². The zero-order valence-electron chi connectivity index (χ0n) is 11.2. The van der Waals surface area contributed by atoms with Gasteiger partial charge in [0.1, 0.15) is 0 Å². The molecule has 2 aromatic rings. The summed E-state index contributed by atoms with van der Waals surface area (Å²) in [6.45, 7) is 1.63. The highest BCUT2D eigenvalue weighted by Crippen LogP contribution is 2.31. The van der Waals surface area contributed by atoms with Crippen LogP contribution in [0.15, 0.2) is 29.4 Å². The minimum absolute atomic E-state index is 0. The van der Waals surface area contributed by atoms with Gasteiger partial charge < -0.3 is 5.84 Å². The number of nitrogen functional groups attached to an aromatic ring is 1. The van der Waals surface area contributed by atoms with Gasteiger partial charge in [0.15, 0.2) is 5.82 Å². The van der Waals surface area contributed by atoms with Gasteiger partial charge >= 0.3 is 6.18 Å². The van der Waals surface area contributed by atoms with Crippen molar-refractivity contribution in [2.75, 3.05) is 11.3 Å². The van der Waals surface area contributed by atoms with Crippen LogP contribution >= 0.6 is 24.8 Å². The molecule has 0 amide bonds. The molecule has 6 nitrogen and oxygen atoms in total. The van der Waals surface area contributed by atoms with Gasteiger partial charge in [-0.25, -0.2) is 10.1 Å². The van der Waals surface area contributed by atoms with Crippen molar-refractivity contribution in [2.24, 2.45) is 5.10 Å². The third kappa shape index (κ3) is 4.50. The number of hydrogen-bond acceptors (Lipinski definition) is 5. The lowest BCUT2D eigenvalue weighted by Crippen LogP contribution is -2.13. The molecule has 11 heteroatoms. The molecule has 1 aromatic carbocycles. The molecule has 1 aromatic heterocycles. The standard InChI is InChI=1S/C11H11F3N6.2ClH/c1-7-17-19-10(20(7)15)18-16-6-8-4-2-3-5-9(8)11(12,13)14;;/h2-6H,15H2,1H3,(H,18,19);2*1H/b16-6+;;. The molecular formula is C11H13Cl2F3N6. The highest BCUT2D eigenvalue weighted by molar-refractivity contribution is 5.85. The summed E-state index contributed by atoms with van der Waals surface area (Å²) in [5.74, 6) is 6.13. The lowest BCUT2D eigenvalue weighted by atomic mass is 10.1. The summed E-state index contributed by atoms with van der Waals surface area (Å²) in [5, 5.41) is 11.0. The summed E-state index contributed by atoms with van der Waals surface area (Å²) in [7, 11) is 0. The average Bonchev–Trinajstić information content (AvgIpc) is 2.70. The Labute approximate surface area is 136 Å². The second kappa shape index (κ2) is 7.85. The van der Waals surface area contributed by atoms with Crippen molar-refractivity contribution >= 4 is 37.0 Å². The number of aromatic nitrogens is 3. The number of aryl methyl sites for hydroxylation is 1. The van der Waals surface area contributed by atoms with Crippen LogP contribution in [0.3, 0.4) is 0 Å². The molecule has 122 valence electrons. The van der Waals surface area contributed by atoms with Gasteiger partial charge in [0.05, 0.1) is 11.8 Å². The molecule has 0 saturated carbocycles. The van der Waals surface area contributed by atoms with Crippen LogP contribution in [0, 0.1) is 6.92 Å². The van der Waals surface area contributed by atoms with Crippen molar-refractivity contribution < 1.29 is 13.2 Å². The smallest absolute Gasteiger partial charge is 0.335 e. The highest BCUT2D eigenvalue weighted by Gasteiger charge is 2.32. The van der Waals surface area contributed by atoms with Crippen LogP contribution in [-0.2, 0) is 6.18 Å². The van der Waals surface area contributed by atoms with E-state index in [0.29, 0.717) is 5.82 Å². The number of hydrazone groups is 1. The maximum atomic E-state index is 12.7. The van der Waals surface area contributed by atoms with Crippen molar-refractivity contribution in [3.05, 3.63) is 41.2 Å². The first-order valence-corrected chi connectivity index (χ1v) is 5.52. The lowest BCUT2D eigenvalue weighted by molar-refractivity contribution is -0.137. The second-order valence-electron chi connectivity index (χ2n) is 3.90. The topological polar surface area (TPSA) is 81.1 Å². The number of alkyl halides is 3. The van der Waals surface area contributed by atoms with Gasteiger partial charge in [-0.2, -0.15) is 18.3 Å². The van der Waals surface area contributed by atoms with Crippen molar-refractivity contribution in [1.82, 2.24) is 14.9 Å². The lowest BCUT2D eigenvalue weighted by Gasteiger charge is -2.09. The molecule has 2 rings (SSSR count). The number of hydrogen-bond donors (Lipinski definition) is 2. The molecule has 0 bridgehead atoms. The quantitative estimate of drug-likeness (QED) is 0.503. The van der Waals surface area contributed by atoms with Gasteiger partial charge in [0, 0.05) is 5.56 Å². The third-order valence-corrected chi connectivity index (χ3v) is 2.50. The molecule has 0 atom stereocenters. The normalized spacial score (nSPS) is 10.9. The Bertz CT molecular complexity index is 641. The fourth-order valence-corrected chi connectivity index (χ4v) is 1.47. The van der Waals surface area contributed by atoms with Gasteiger partial charge in [-0.1, -0.05) is 18.2 Å². The fourth-order valence-electron chi connectivity index (χ4n) is 1.47. The Balaban J connectivity index is 0.00000220. The van der Waals surface area contributed by atoms with Crippen molar-refractivity contribution in [3.63, 3.8) is 0 Å². The fraction of sp³-hybridized carbons (Fsp3) is 0.182. The van der Waals surface area contributed by atoms with Crippen molar-refractivity contribution in [3.8, 4) is 0 Å². The van der Waals surface area contributed by atoms with Crippen LogP contribution in [0.25, 0.3) is 0 Å². The number of anilines is 1. The van der Waals surface area contributed by atoms with Gasteiger partial charge in [0.25, 0.3) is 5.95 Å². The minimum atomic E-state index is -4.44. The molecule has 22 heavy (non-hydrogen) atoms. The van der Waals surface area contributed by atoms with E-state index in [9.17, 15) is 13.2 Å². The monoisotopic (exact) mass is 356 g/mol. The molecule has 0 aliphatic carbocycles. The van der Waals surface area contributed by atoms with E-state index in [1.165, 1.54) is 18.2 Å². The summed E-state index contributed by atoms with van der Waals surface area (Å²) in [6.07, 6.45) is -3.39. The van der Waals surface area contributed by atoms with E-state index in [4.69, 9.17) is 5.84 Å². The molecule has 3 N–H and O–H groups in total. The van der Waals surface area contributed by atoms with Gasteiger partial charge in [-0.15, -0.1) is 35.0 Å². The number of nitrogens with zero attached hydrogens (tertiary/aromatic N) is 4. The predicted molar refractivity (Wildman–Crippen MR) is 82.1 cm³/mol. The Kier molecular flexibility index (Phi) is 7.14. The van der Waals surface area contributed by atoms with Crippen LogP contribution in [0.5, 0.6) is 0 Å². The Hall–Kier alpha value is -2.00. The summed E-state index contributed by atoms with van der Waals surface area (Å²) in [5.41, 5.74) is 1.60. The van der Waals surface area contributed by atoms with Crippen LogP contribution in [-0.4, -0.2) is 21.1 Å². The molecule has 0 saturated heterocycles. The molecule has 0 aliphatic heterocycles. The average molecular weight is 357 g/mol. The summed E-state index contributed by atoms with van der Waals surface area (Å²) < 4.78 is 39.3.